The summed E-state index contributed by atoms with van der Waals surface area (Å²) in [5.41, 5.74) is 3.00. The lowest BCUT2D eigenvalue weighted by molar-refractivity contribution is 0.0719. The lowest BCUT2D eigenvalue weighted by Crippen LogP contribution is -2.60. The van der Waals surface area contributed by atoms with Gasteiger partial charge in [0.2, 0.25) is 0 Å². The predicted octanol–water partition coefficient (Wildman–Crippen LogP) is 1.74. The highest BCUT2D eigenvalue weighted by Gasteiger charge is 2.35. The Hall–Kier alpha value is -0.560. The molecule has 2 unspecified atom stereocenters. The Morgan fingerprint density at radius 2 is 1.88 bits per heavy atom. The van der Waals surface area contributed by atoms with Gasteiger partial charge in [-0.1, -0.05) is 20.8 Å². The number of nitrogens with zero attached hydrogens (tertiary/aromatic N) is 1. The van der Waals surface area contributed by atoms with Crippen molar-refractivity contribution in [3.05, 3.63) is 0 Å². The van der Waals surface area contributed by atoms with Crippen molar-refractivity contribution in [3.63, 3.8) is 0 Å². The molecule has 3 nitrogen and oxygen atoms in total. The van der Waals surface area contributed by atoms with Crippen molar-refractivity contribution >= 4 is 0 Å². The van der Waals surface area contributed by atoms with Crippen molar-refractivity contribution in [3.8, 4) is 11.8 Å². The quantitative estimate of drug-likeness (QED) is 0.394. The molecule has 3 heteroatoms. The fourth-order valence-electron chi connectivity index (χ4n) is 2.30. The minimum Gasteiger partial charge on any atom is -0.297 e. The molecule has 0 aromatic rings. The maximum absolute atomic E-state index is 5.68. The van der Waals surface area contributed by atoms with Crippen molar-refractivity contribution < 1.29 is 0 Å². The van der Waals surface area contributed by atoms with Crippen LogP contribution in [0.1, 0.15) is 47.5 Å². The van der Waals surface area contributed by atoms with Crippen molar-refractivity contribution in [1.82, 2.24) is 10.3 Å². The molecule has 2 atom stereocenters. The van der Waals surface area contributed by atoms with E-state index in [0.717, 1.165) is 25.9 Å². The summed E-state index contributed by atoms with van der Waals surface area (Å²) in [6.45, 7) is 12.8. The molecule has 0 spiro atoms. The Morgan fingerprint density at radius 1 is 1.31 bits per heavy atom. The number of likely N-dealkylation sites (N-methyl/N-ethyl adjacent to an activating group) is 1. The molecule has 0 amide bonds. The summed E-state index contributed by atoms with van der Waals surface area (Å²) in [7, 11) is 0. The standard InChI is InChI=1S/C13H27N3/c1-6-10-11-12(15-14)13(5,7-2)16(8-3)9-4/h12,15H,7-9,11,14H2,1-5H3. The van der Waals surface area contributed by atoms with Gasteiger partial charge in [-0.15, -0.1) is 11.8 Å². The summed E-state index contributed by atoms with van der Waals surface area (Å²) >= 11 is 0. The lowest BCUT2D eigenvalue weighted by atomic mass is 9.85. The molecular weight excluding hydrogens is 198 g/mol. The van der Waals surface area contributed by atoms with Gasteiger partial charge in [-0.25, -0.2) is 0 Å². The molecule has 0 aliphatic heterocycles. The van der Waals surface area contributed by atoms with E-state index in [4.69, 9.17) is 5.84 Å². The second-order valence-corrected chi connectivity index (χ2v) is 4.23. The minimum absolute atomic E-state index is 0.0715. The monoisotopic (exact) mass is 225 g/mol. The van der Waals surface area contributed by atoms with Crippen LogP contribution in [0.4, 0.5) is 0 Å². The first kappa shape index (κ1) is 15.4. The third kappa shape index (κ3) is 3.48. The Kier molecular flexibility index (Phi) is 7.40. The van der Waals surface area contributed by atoms with E-state index in [1.54, 1.807) is 0 Å². The van der Waals surface area contributed by atoms with Crippen molar-refractivity contribution in [1.29, 1.82) is 0 Å². The van der Waals surface area contributed by atoms with Gasteiger partial charge in [0.15, 0.2) is 0 Å². The number of hydrogen-bond acceptors (Lipinski definition) is 3. The van der Waals surface area contributed by atoms with E-state index in [2.05, 4.69) is 49.9 Å². The van der Waals surface area contributed by atoms with Crippen LogP contribution in [-0.2, 0) is 0 Å². The van der Waals surface area contributed by atoms with Crippen LogP contribution in [0, 0.1) is 11.8 Å². The Bertz CT molecular complexity index is 237. The van der Waals surface area contributed by atoms with Crippen LogP contribution in [0.25, 0.3) is 0 Å². The molecule has 0 rings (SSSR count). The third-order valence-electron chi connectivity index (χ3n) is 3.64. The average Bonchev–Trinajstić information content (AvgIpc) is 2.31. The SMILES string of the molecule is CC#CCC(NN)C(C)(CC)N(CC)CC. The first-order valence-electron chi connectivity index (χ1n) is 6.21. The second-order valence-electron chi connectivity index (χ2n) is 4.23. The lowest BCUT2D eigenvalue weighted by Gasteiger charge is -2.45. The van der Waals surface area contributed by atoms with Gasteiger partial charge < -0.3 is 0 Å². The topological polar surface area (TPSA) is 41.3 Å². The molecule has 0 fully saturated rings. The zero-order valence-electron chi connectivity index (χ0n) is 11.4. The predicted molar refractivity (Wildman–Crippen MR) is 70.8 cm³/mol. The first-order valence-corrected chi connectivity index (χ1v) is 6.21. The number of rotatable bonds is 7. The number of hydrazine groups is 1. The largest absolute Gasteiger partial charge is 0.297 e. The van der Waals surface area contributed by atoms with Gasteiger partial charge in [0.25, 0.3) is 0 Å². The molecule has 0 aliphatic rings. The highest BCUT2D eigenvalue weighted by Crippen LogP contribution is 2.24. The highest BCUT2D eigenvalue weighted by molar-refractivity contribution is 5.05. The van der Waals surface area contributed by atoms with Gasteiger partial charge >= 0.3 is 0 Å². The molecule has 16 heavy (non-hydrogen) atoms. The molecule has 0 bridgehead atoms. The number of hydrogen-bond donors (Lipinski definition) is 2. The van der Waals surface area contributed by atoms with Gasteiger partial charge in [0.05, 0.1) is 6.04 Å². The molecular formula is C13H27N3. The van der Waals surface area contributed by atoms with Crippen LogP contribution in [0.5, 0.6) is 0 Å². The van der Waals surface area contributed by atoms with E-state index < -0.39 is 0 Å². The van der Waals surface area contributed by atoms with Crippen LogP contribution in [0.15, 0.2) is 0 Å². The summed E-state index contributed by atoms with van der Waals surface area (Å²) < 4.78 is 0. The van der Waals surface area contributed by atoms with E-state index in [1.807, 2.05) is 6.92 Å². The van der Waals surface area contributed by atoms with Gasteiger partial charge in [-0.05, 0) is 33.4 Å². The van der Waals surface area contributed by atoms with Crippen LogP contribution < -0.4 is 11.3 Å². The molecule has 3 N–H and O–H groups in total. The van der Waals surface area contributed by atoms with E-state index in [0.29, 0.717) is 0 Å². The summed E-state index contributed by atoms with van der Waals surface area (Å²) in [6.07, 6.45) is 1.86. The molecule has 0 saturated carbocycles. The summed E-state index contributed by atoms with van der Waals surface area (Å²) in [5, 5.41) is 0. The second kappa shape index (κ2) is 7.67. The molecule has 0 aliphatic carbocycles. The number of nitrogens with two attached hydrogens (primary N) is 1. The van der Waals surface area contributed by atoms with Crippen LogP contribution in [0.3, 0.4) is 0 Å². The third-order valence-corrected chi connectivity index (χ3v) is 3.64. The summed E-state index contributed by atoms with van der Waals surface area (Å²) in [6, 6.07) is 0.213. The fourth-order valence-corrected chi connectivity index (χ4v) is 2.30. The van der Waals surface area contributed by atoms with E-state index in [1.165, 1.54) is 0 Å². The average molecular weight is 225 g/mol. The zero-order chi connectivity index (χ0) is 12.6. The zero-order valence-corrected chi connectivity index (χ0v) is 11.4. The van der Waals surface area contributed by atoms with Gasteiger partial charge in [0, 0.05) is 12.0 Å². The number of nitrogens with one attached hydrogen (secondary N) is 1. The molecule has 0 aromatic heterocycles. The molecule has 0 radical (unpaired) electrons. The molecule has 94 valence electrons. The summed E-state index contributed by atoms with van der Waals surface area (Å²) in [5.74, 6) is 11.7. The van der Waals surface area contributed by atoms with Crippen LogP contribution in [0.2, 0.25) is 0 Å². The first-order chi connectivity index (χ1) is 7.60. The Balaban J connectivity index is 4.90. The maximum atomic E-state index is 5.68. The van der Waals surface area contributed by atoms with E-state index in [9.17, 15) is 0 Å². The minimum atomic E-state index is 0.0715. The summed E-state index contributed by atoms with van der Waals surface area (Å²) in [4.78, 5) is 2.45. The van der Waals surface area contributed by atoms with E-state index >= 15 is 0 Å². The fraction of sp³-hybridized carbons (Fsp3) is 0.846. The van der Waals surface area contributed by atoms with Crippen molar-refractivity contribution in [2.75, 3.05) is 13.1 Å². The Morgan fingerprint density at radius 3 is 2.19 bits per heavy atom. The van der Waals surface area contributed by atoms with Crippen molar-refractivity contribution in [2.24, 2.45) is 5.84 Å². The van der Waals surface area contributed by atoms with Gasteiger partial charge in [-0.2, -0.15) is 0 Å². The molecule has 0 heterocycles. The normalized spacial score (nSPS) is 16.4. The van der Waals surface area contributed by atoms with Crippen LogP contribution >= 0.6 is 0 Å². The van der Waals surface area contributed by atoms with Gasteiger partial charge in [0.1, 0.15) is 0 Å². The molecule has 0 aromatic carbocycles. The van der Waals surface area contributed by atoms with Crippen LogP contribution in [-0.4, -0.2) is 29.6 Å². The highest BCUT2D eigenvalue weighted by atomic mass is 15.3. The van der Waals surface area contributed by atoms with Crippen molar-refractivity contribution in [2.45, 2.75) is 59.0 Å². The smallest absolute Gasteiger partial charge is 0.0501 e. The maximum Gasteiger partial charge on any atom is 0.0501 e. The van der Waals surface area contributed by atoms with Gasteiger partial charge in [-0.3, -0.25) is 16.2 Å². The molecule has 0 saturated heterocycles. The Labute approximate surface area is 101 Å². The van der Waals surface area contributed by atoms with E-state index in [-0.39, 0.29) is 11.6 Å².